The minimum Gasteiger partial charge on any atom is -0.376 e. The third kappa shape index (κ3) is 2.55. The van der Waals surface area contributed by atoms with Crippen molar-refractivity contribution in [1.29, 1.82) is 0 Å². The van der Waals surface area contributed by atoms with Gasteiger partial charge in [-0.3, -0.25) is 10.1 Å². The standard InChI is InChI=1S/C14H14N4O3/c1-15-14-11-8-21-7-6-12(11)16-13(17-14)9-2-4-10(5-3-9)18(19)20/h2-5H,6-8H2,1H3,(H,15,16,17). The summed E-state index contributed by atoms with van der Waals surface area (Å²) in [6.45, 7) is 1.15. The number of hydrogen-bond acceptors (Lipinski definition) is 6. The van der Waals surface area contributed by atoms with Crippen LogP contribution in [0.15, 0.2) is 24.3 Å². The minimum atomic E-state index is -0.423. The summed E-state index contributed by atoms with van der Waals surface area (Å²) in [4.78, 5) is 19.3. The Labute approximate surface area is 121 Å². The molecule has 2 aromatic rings. The van der Waals surface area contributed by atoms with Crippen LogP contribution < -0.4 is 5.32 Å². The summed E-state index contributed by atoms with van der Waals surface area (Å²) >= 11 is 0. The van der Waals surface area contributed by atoms with Gasteiger partial charge in [0.15, 0.2) is 5.82 Å². The molecule has 0 saturated heterocycles. The van der Waals surface area contributed by atoms with E-state index in [2.05, 4.69) is 15.3 Å². The predicted octanol–water partition coefficient (Wildman–Crippen LogP) is 2.17. The van der Waals surface area contributed by atoms with Crippen molar-refractivity contribution in [3.63, 3.8) is 0 Å². The Morgan fingerprint density at radius 2 is 2.05 bits per heavy atom. The smallest absolute Gasteiger partial charge is 0.269 e. The van der Waals surface area contributed by atoms with Crippen LogP contribution in [-0.4, -0.2) is 28.5 Å². The minimum absolute atomic E-state index is 0.0546. The Hall–Kier alpha value is -2.54. The summed E-state index contributed by atoms with van der Waals surface area (Å²) < 4.78 is 5.43. The van der Waals surface area contributed by atoms with Crippen molar-refractivity contribution in [2.75, 3.05) is 19.0 Å². The molecule has 1 aliphatic heterocycles. The Morgan fingerprint density at radius 1 is 1.29 bits per heavy atom. The van der Waals surface area contributed by atoms with Gasteiger partial charge in [-0.2, -0.15) is 0 Å². The number of fused-ring (bicyclic) bond motifs is 1. The number of ether oxygens (including phenoxy) is 1. The summed E-state index contributed by atoms with van der Waals surface area (Å²) in [5.74, 6) is 1.31. The highest BCUT2D eigenvalue weighted by Crippen LogP contribution is 2.26. The van der Waals surface area contributed by atoms with E-state index in [1.807, 2.05) is 0 Å². The van der Waals surface area contributed by atoms with Gasteiger partial charge < -0.3 is 10.1 Å². The van der Waals surface area contributed by atoms with Crippen molar-refractivity contribution in [2.45, 2.75) is 13.0 Å². The van der Waals surface area contributed by atoms with Crippen molar-refractivity contribution < 1.29 is 9.66 Å². The van der Waals surface area contributed by atoms with Crippen molar-refractivity contribution in [1.82, 2.24) is 9.97 Å². The largest absolute Gasteiger partial charge is 0.376 e. The third-order valence-electron chi connectivity index (χ3n) is 3.40. The number of aromatic nitrogens is 2. The van der Waals surface area contributed by atoms with Crippen LogP contribution in [0.5, 0.6) is 0 Å². The lowest BCUT2D eigenvalue weighted by molar-refractivity contribution is -0.384. The Balaban J connectivity index is 2.03. The number of nitro groups is 1. The lowest BCUT2D eigenvalue weighted by Gasteiger charge is -2.19. The first-order chi connectivity index (χ1) is 10.2. The van der Waals surface area contributed by atoms with Crippen LogP contribution in [-0.2, 0) is 17.8 Å². The molecule has 1 aromatic carbocycles. The number of rotatable bonds is 3. The van der Waals surface area contributed by atoms with Crippen LogP contribution in [0.2, 0.25) is 0 Å². The summed E-state index contributed by atoms with van der Waals surface area (Å²) in [5, 5.41) is 13.7. The highest BCUT2D eigenvalue weighted by Gasteiger charge is 2.18. The van der Waals surface area contributed by atoms with Gasteiger partial charge in [0, 0.05) is 36.7 Å². The van der Waals surface area contributed by atoms with Gasteiger partial charge in [-0.25, -0.2) is 9.97 Å². The van der Waals surface area contributed by atoms with E-state index in [9.17, 15) is 10.1 Å². The molecular weight excluding hydrogens is 272 g/mol. The van der Waals surface area contributed by atoms with E-state index in [4.69, 9.17) is 4.74 Å². The second kappa shape index (κ2) is 5.45. The van der Waals surface area contributed by atoms with Crippen molar-refractivity contribution in [2.24, 2.45) is 0 Å². The molecule has 1 aromatic heterocycles. The topological polar surface area (TPSA) is 90.2 Å². The Kier molecular flexibility index (Phi) is 3.49. The molecule has 1 N–H and O–H groups in total. The van der Waals surface area contributed by atoms with Crippen LogP contribution in [0.4, 0.5) is 11.5 Å². The Morgan fingerprint density at radius 3 is 2.71 bits per heavy atom. The van der Waals surface area contributed by atoms with Gasteiger partial charge in [-0.15, -0.1) is 0 Å². The fourth-order valence-electron chi connectivity index (χ4n) is 2.30. The van der Waals surface area contributed by atoms with Gasteiger partial charge in [0.1, 0.15) is 5.82 Å². The van der Waals surface area contributed by atoms with Crippen LogP contribution >= 0.6 is 0 Å². The highest BCUT2D eigenvalue weighted by molar-refractivity contribution is 5.61. The lowest BCUT2D eigenvalue weighted by atomic mass is 10.1. The zero-order chi connectivity index (χ0) is 14.8. The first-order valence-corrected chi connectivity index (χ1v) is 6.59. The lowest BCUT2D eigenvalue weighted by Crippen LogP contribution is -2.16. The number of nitrogens with zero attached hydrogens (tertiary/aromatic N) is 3. The molecule has 21 heavy (non-hydrogen) atoms. The fraction of sp³-hybridized carbons (Fsp3) is 0.286. The van der Waals surface area contributed by atoms with Gasteiger partial charge in [0.2, 0.25) is 0 Å². The molecule has 0 spiro atoms. The summed E-state index contributed by atoms with van der Waals surface area (Å²) in [5.41, 5.74) is 2.76. The van der Waals surface area contributed by atoms with E-state index >= 15 is 0 Å². The van der Waals surface area contributed by atoms with Crippen molar-refractivity contribution >= 4 is 11.5 Å². The van der Waals surface area contributed by atoms with E-state index in [1.54, 1.807) is 19.2 Å². The summed E-state index contributed by atoms with van der Waals surface area (Å²) in [7, 11) is 1.80. The molecular formula is C14H14N4O3. The van der Waals surface area contributed by atoms with Gasteiger partial charge >= 0.3 is 0 Å². The van der Waals surface area contributed by atoms with Gasteiger partial charge in [-0.05, 0) is 12.1 Å². The Bertz CT molecular complexity index is 668. The third-order valence-corrected chi connectivity index (χ3v) is 3.40. The van der Waals surface area contributed by atoms with Crippen molar-refractivity contribution in [3.8, 4) is 11.4 Å². The summed E-state index contributed by atoms with van der Waals surface area (Å²) in [6, 6.07) is 6.25. The van der Waals surface area contributed by atoms with E-state index in [1.165, 1.54) is 12.1 Å². The summed E-state index contributed by atoms with van der Waals surface area (Å²) in [6.07, 6.45) is 0.743. The average Bonchev–Trinajstić information content (AvgIpc) is 2.53. The molecule has 0 fully saturated rings. The molecule has 108 valence electrons. The molecule has 0 atom stereocenters. The zero-order valence-electron chi connectivity index (χ0n) is 11.5. The maximum atomic E-state index is 10.7. The number of nitro benzene ring substituents is 1. The quantitative estimate of drug-likeness (QED) is 0.687. The van der Waals surface area contributed by atoms with E-state index in [-0.39, 0.29) is 5.69 Å². The van der Waals surface area contributed by atoms with Crippen LogP contribution in [0.25, 0.3) is 11.4 Å². The maximum absolute atomic E-state index is 10.7. The normalized spacial score (nSPS) is 13.6. The molecule has 0 radical (unpaired) electrons. The molecule has 7 heteroatoms. The number of anilines is 1. The molecule has 3 rings (SSSR count). The van der Waals surface area contributed by atoms with Gasteiger partial charge in [-0.1, -0.05) is 0 Å². The average molecular weight is 286 g/mol. The molecule has 1 aliphatic rings. The monoisotopic (exact) mass is 286 g/mol. The molecule has 2 heterocycles. The maximum Gasteiger partial charge on any atom is 0.269 e. The van der Waals surface area contributed by atoms with Crippen LogP contribution in [0.1, 0.15) is 11.3 Å². The molecule has 0 unspecified atom stereocenters. The van der Waals surface area contributed by atoms with Gasteiger partial charge in [0.25, 0.3) is 5.69 Å². The molecule has 0 saturated carbocycles. The predicted molar refractivity (Wildman–Crippen MR) is 77.0 cm³/mol. The molecule has 0 amide bonds. The SMILES string of the molecule is CNc1nc(-c2ccc([N+](=O)[O-])cc2)nc2c1COCC2. The second-order valence-electron chi connectivity index (χ2n) is 4.68. The van der Waals surface area contributed by atoms with Crippen molar-refractivity contribution in [3.05, 3.63) is 45.6 Å². The fourth-order valence-corrected chi connectivity index (χ4v) is 2.30. The number of non-ortho nitro benzene ring substituents is 1. The highest BCUT2D eigenvalue weighted by atomic mass is 16.6. The molecule has 0 bridgehead atoms. The second-order valence-corrected chi connectivity index (χ2v) is 4.68. The first kappa shape index (κ1) is 13.4. The van der Waals surface area contributed by atoms with E-state index < -0.39 is 4.92 Å². The van der Waals surface area contributed by atoms with Gasteiger partial charge in [0.05, 0.1) is 23.8 Å². The van der Waals surface area contributed by atoms with Crippen LogP contribution in [0.3, 0.4) is 0 Å². The number of benzene rings is 1. The first-order valence-electron chi connectivity index (χ1n) is 6.59. The zero-order valence-corrected chi connectivity index (χ0v) is 11.5. The molecule has 0 aliphatic carbocycles. The van der Waals surface area contributed by atoms with E-state index in [0.717, 1.165) is 29.1 Å². The number of hydrogen-bond donors (Lipinski definition) is 1. The van der Waals surface area contributed by atoms with E-state index in [0.29, 0.717) is 19.0 Å². The number of nitrogens with one attached hydrogen (secondary N) is 1. The van der Waals surface area contributed by atoms with Crippen LogP contribution in [0, 0.1) is 10.1 Å². The molecule has 7 nitrogen and oxygen atoms in total.